The molecular weight excluding hydrogens is 462 g/mol. The van der Waals surface area contributed by atoms with E-state index in [1.165, 1.54) is 30.3 Å². The molecule has 32 heavy (non-hydrogen) atoms. The number of nitrogens with one attached hydrogen (secondary N) is 1. The fraction of sp³-hybridized carbons (Fsp3) is 0.136. The van der Waals surface area contributed by atoms with Gasteiger partial charge in [0.1, 0.15) is 23.1 Å². The molecule has 0 saturated heterocycles. The molecule has 0 aliphatic carbocycles. The molecule has 0 unspecified atom stereocenters. The largest absolute Gasteiger partial charge is 0.476 e. The molecule has 1 N–H and O–H groups in total. The van der Waals surface area contributed by atoms with Gasteiger partial charge in [-0.05, 0) is 49.4 Å². The number of amides is 1. The molecule has 6 nitrogen and oxygen atoms in total. The number of anilines is 2. The lowest BCUT2D eigenvalue weighted by molar-refractivity contribution is -0.122. The van der Waals surface area contributed by atoms with Gasteiger partial charge in [-0.3, -0.25) is 9.10 Å². The Morgan fingerprint density at radius 1 is 1.09 bits per heavy atom. The molecule has 1 aliphatic rings. The van der Waals surface area contributed by atoms with E-state index in [0.717, 1.165) is 28.1 Å². The maximum Gasteiger partial charge on any atom is 0.267 e. The van der Waals surface area contributed by atoms with E-state index < -0.39 is 45.9 Å². The Hall–Kier alpha value is -3.17. The van der Waals surface area contributed by atoms with Crippen LogP contribution in [0, 0.1) is 18.6 Å². The topological polar surface area (TPSA) is 75.7 Å². The quantitative estimate of drug-likeness (QED) is 0.598. The van der Waals surface area contributed by atoms with E-state index in [4.69, 9.17) is 16.3 Å². The lowest BCUT2D eigenvalue weighted by Gasteiger charge is -2.35. The van der Waals surface area contributed by atoms with E-state index in [1.807, 2.05) is 6.92 Å². The molecular formula is C22H17ClF2N2O4S. The normalized spacial score (nSPS) is 15.6. The maximum atomic E-state index is 14.0. The van der Waals surface area contributed by atoms with Crippen LogP contribution in [-0.2, 0) is 14.8 Å². The van der Waals surface area contributed by atoms with Gasteiger partial charge in [-0.1, -0.05) is 35.4 Å². The molecule has 0 saturated carbocycles. The first kappa shape index (κ1) is 22.0. The minimum absolute atomic E-state index is 0.00947. The molecule has 4 rings (SSSR count). The van der Waals surface area contributed by atoms with E-state index in [2.05, 4.69) is 5.32 Å². The molecule has 0 fully saturated rings. The minimum Gasteiger partial charge on any atom is -0.476 e. The SMILES string of the molecule is Cc1ccc(S(=O)(=O)N2C[C@H](C(=O)Nc3c(F)cccc3F)Oc3ccc(Cl)cc32)cc1. The van der Waals surface area contributed by atoms with Crippen LogP contribution in [0.5, 0.6) is 5.75 Å². The van der Waals surface area contributed by atoms with Crippen molar-refractivity contribution in [3.8, 4) is 5.75 Å². The first-order valence-corrected chi connectivity index (χ1v) is 11.3. The highest BCUT2D eigenvalue weighted by Crippen LogP contribution is 2.39. The van der Waals surface area contributed by atoms with Gasteiger partial charge in [-0.2, -0.15) is 0 Å². The van der Waals surface area contributed by atoms with Crippen LogP contribution in [0.1, 0.15) is 5.56 Å². The van der Waals surface area contributed by atoms with Crippen molar-refractivity contribution in [2.75, 3.05) is 16.2 Å². The number of halogens is 3. The van der Waals surface area contributed by atoms with Crippen LogP contribution in [0.3, 0.4) is 0 Å². The number of para-hydroxylation sites is 1. The summed E-state index contributed by atoms with van der Waals surface area (Å²) in [6, 6.07) is 13.7. The van der Waals surface area contributed by atoms with E-state index in [-0.39, 0.29) is 21.4 Å². The summed E-state index contributed by atoms with van der Waals surface area (Å²) in [6.45, 7) is 1.40. The molecule has 166 valence electrons. The Balaban J connectivity index is 1.71. The molecule has 0 aromatic heterocycles. The van der Waals surface area contributed by atoms with Crippen molar-refractivity contribution in [1.29, 1.82) is 0 Å². The van der Waals surface area contributed by atoms with Crippen molar-refractivity contribution in [3.63, 3.8) is 0 Å². The average molecular weight is 479 g/mol. The van der Waals surface area contributed by atoms with E-state index >= 15 is 0 Å². The van der Waals surface area contributed by atoms with Crippen molar-refractivity contribution >= 4 is 38.9 Å². The van der Waals surface area contributed by atoms with Gasteiger partial charge in [-0.25, -0.2) is 17.2 Å². The molecule has 1 heterocycles. The zero-order valence-corrected chi connectivity index (χ0v) is 18.3. The zero-order chi connectivity index (χ0) is 23.0. The minimum atomic E-state index is -4.10. The summed E-state index contributed by atoms with van der Waals surface area (Å²) < 4.78 is 61.4. The number of aryl methyl sites for hydroxylation is 1. The summed E-state index contributed by atoms with van der Waals surface area (Å²) in [5.41, 5.74) is 0.383. The Bertz CT molecular complexity index is 1280. The Morgan fingerprint density at radius 2 is 1.75 bits per heavy atom. The molecule has 10 heteroatoms. The second-order valence-electron chi connectivity index (χ2n) is 7.15. The van der Waals surface area contributed by atoms with Gasteiger partial charge in [0.05, 0.1) is 17.1 Å². The number of carbonyl (C=O) groups excluding carboxylic acids is 1. The molecule has 1 aliphatic heterocycles. The molecule has 3 aromatic rings. The predicted molar refractivity (Wildman–Crippen MR) is 117 cm³/mol. The zero-order valence-electron chi connectivity index (χ0n) is 16.7. The Labute approximate surface area is 188 Å². The van der Waals surface area contributed by atoms with Crippen LogP contribution >= 0.6 is 11.6 Å². The van der Waals surface area contributed by atoms with Crippen LogP contribution in [0.4, 0.5) is 20.2 Å². The van der Waals surface area contributed by atoms with Gasteiger partial charge >= 0.3 is 0 Å². The molecule has 1 atom stereocenters. The monoisotopic (exact) mass is 478 g/mol. The van der Waals surface area contributed by atoms with E-state index in [0.29, 0.717) is 0 Å². The fourth-order valence-corrected chi connectivity index (χ4v) is 4.88. The molecule has 1 amide bonds. The van der Waals surface area contributed by atoms with Gasteiger partial charge in [-0.15, -0.1) is 0 Å². The average Bonchev–Trinajstić information content (AvgIpc) is 2.75. The van der Waals surface area contributed by atoms with E-state index in [9.17, 15) is 22.0 Å². The van der Waals surface area contributed by atoms with Crippen molar-refractivity contribution in [3.05, 3.63) is 82.9 Å². The fourth-order valence-electron chi connectivity index (χ4n) is 3.25. The third-order valence-electron chi connectivity index (χ3n) is 4.90. The number of hydrogen-bond acceptors (Lipinski definition) is 4. The number of carbonyl (C=O) groups is 1. The summed E-state index contributed by atoms with van der Waals surface area (Å²) >= 11 is 6.06. The second kappa shape index (κ2) is 8.40. The van der Waals surface area contributed by atoms with E-state index in [1.54, 1.807) is 12.1 Å². The maximum absolute atomic E-state index is 14.0. The summed E-state index contributed by atoms with van der Waals surface area (Å²) in [4.78, 5) is 12.8. The van der Waals surface area contributed by atoms with Crippen LogP contribution in [0.15, 0.2) is 65.6 Å². The number of sulfonamides is 1. The first-order chi connectivity index (χ1) is 15.2. The molecule has 0 spiro atoms. The molecule has 0 radical (unpaired) electrons. The van der Waals surface area contributed by atoms with Crippen LogP contribution in [-0.4, -0.2) is 27.0 Å². The van der Waals surface area contributed by atoms with Crippen molar-refractivity contribution in [2.24, 2.45) is 0 Å². The Kier molecular flexibility index (Phi) is 5.79. The number of rotatable bonds is 4. The third-order valence-corrected chi connectivity index (χ3v) is 6.93. The third kappa shape index (κ3) is 4.13. The number of benzene rings is 3. The standard InChI is InChI=1S/C22H17ClF2N2O4S/c1-13-5-8-15(9-6-13)32(29,30)27-12-20(31-19-10-7-14(23)11-18(19)27)22(28)26-21-16(24)3-2-4-17(21)25/h2-11,20H,12H2,1H3,(H,26,28)/t20-/m1/s1. The highest BCUT2D eigenvalue weighted by Gasteiger charge is 2.38. The summed E-state index contributed by atoms with van der Waals surface area (Å²) in [5.74, 6) is -2.75. The van der Waals surface area contributed by atoms with Gasteiger partial charge in [0.15, 0.2) is 6.10 Å². The highest BCUT2D eigenvalue weighted by atomic mass is 35.5. The van der Waals surface area contributed by atoms with Crippen LogP contribution in [0.25, 0.3) is 0 Å². The summed E-state index contributed by atoms with van der Waals surface area (Å²) in [5, 5.41) is 2.42. The molecule has 3 aromatic carbocycles. The van der Waals surface area contributed by atoms with Crippen LogP contribution in [0.2, 0.25) is 5.02 Å². The second-order valence-corrected chi connectivity index (χ2v) is 9.45. The summed E-state index contributed by atoms with van der Waals surface area (Å²) in [6.07, 6.45) is -1.37. The van der Waals surface area contributed by atoms with Crippen molar-refractivity contribution < 1.29 is 26.7 Å². The van der Waals surface area contributed by atoms with Crippen LogP contribution < -0.4 is 14.4 Å². The van der Waals surface area contributed by atoms with Crippen molar-refractivity contribution in [2.45, 2.75) is 17.9 Å². The number of ether oxygens (including phenoxy) is 1. The number of fused-ring (bicyclic) bond motifs is 1. The van der Waals surface area contributed by atoms with Gasteiger partial charge in [0.2, 0.25) is 0 Å². The molecule has 0 bridgehead atoms. The highest BCUT2D eigenvalue weighted by molar-refractivity contribution is 7.92. The lowest BCUT2D eigenvalue weighted by atomic mass is 10.2. The van der Waals surface area contributed by atoms with Crippen molar-refractivity contribution in [1.82, 2.24) is 0 Å². The van der Waals surface area contributed by atoms with Gasteiger partial charge in [0.25, 0.3) is 15.9 Å². The lowest BCUT2D eigenvalue weighted by Crippen LogP contribution is -2.49. The smallest absolute Gasteiger partial charge is 0.267 e. The number of hydrogen-bond donors (Lipinski definition) is 1. The Morgan fingerprint density at radius 3 is 2.41 bits per heavy atom. The van der Waals surface area contributed by atoms with Gasteiger partial charge in [0, 0.05) is 5.02 Å². The summed E-state index contributed by atoms with van der Waals surface area (Å²) in [7, 11) is -4.10. The first-order valence-electron chi connectivity index (χ1n) is 9.47. The predicted octanol–water partition coefficient (Wildman–Crippen LogP) is 4.52. The number of nitrogens with zero attached hydrogens (tertiary/aromatic N) is 1. The van der Waals surface area contributed by atoms with Gasteiger partial charge < -0.3 is 10.1 Å².